The van der Waals surface area contributed by atoms with Crippen molar-refractivity contribution in [1.82, 2.24) is 9.80 Å². The van der Waals surface area contributed by atoms with Gasteiger partial charge in [0.05, 0.1) is 36.5 Å². The summed E-state index contributed by atoms with van der Waals surface area (Å²) in [6, 6.07) is 6.87. The number of thioether (sulfide) groups is 1. The number of amides is 2. The smallest absolute Gasteiger partial charge is 0.240 e. The SMILES string of the molecule is O=C(CN1CSC[C@H]1C(=O)N1CCOCC1)Nc1ccccc1Cl. The fraction of sp³-hybridized carbons (Fsp3) is 0.500. The fourth-order valence-corrected chi connectivity index (χ4v) is 4.16. The van der Waals surface area contributed by atoms with Gasteiger partial charge in [0.15, 0.2) is 0 Å². The highest BCUT2D eigenvalue weighted by Gasteiger charge is 2.35. The molecule has 130 valence electrons. The number of carbonyl (C=O) groups is 2. The molecule has 2 amide bonds. The number of hydrogen-bond acceptors (Lipinski definition) is 5. The van der Waals surface area contributed by atoms with Crippen molar-refractivity contribution in [2.45, 2.75) is 6.04 Å². The molecule has 2 aliphatic heterocycles. The van der Waals surface area contributed by atoms with Crippen molar-refractivity contribution in [2.75, 3.05) is 49.8 Å². The van der Waals surface area contributed by atoms with Crippen LogP contribution in [-0.4, -0.2) is 72.1 Å². The second-order valence-corrected chi connectivity index (χ2v) is 7.14. The molecule has 0 bridgehead atoms. The number of hydrogen-bond donors (Lipinski definition) is 1. The van der Waals surface area contributed by atoms with Gasteiger partial charge in [-0.15, -0.1) is 11.8 Å². The van der Waals surface area contributed by atoms with Gasteiger partial charge in [-0.05, 0) is 12.1 Å². The van der Waals surface area contributed by atoms with E-state index in [-0.39, 0.29) is 24.4 Å². The van der Waals surface area contributed by atoms with E-state index in [0.29, 0.717) is 42.9 Å². The number of anilines is 1. The summed E-state index contributed by atoms with van der Waals surface area (Å²) in [7, 11) is 0. The summed E-state index contributed by atoms with van der Waals surface area (Å²) in [4.78, 5) is 28.7. The van der Waals surface area contributed by atoms with E-state index in [4.69, 9.17) is 16.3 Å². The van der Waals surface area contributed by atoms with Crippen LogP contribution in [0.15, 0.2) is 24.3 Å². The first-order valence-electron chi connectivity index (χ1n) is 7.88. The molecule has 0 unspecified atom stereocenters. The second kappa shape index (κ2) is 8.20. The molecule has 24 heavy (non-hydrogen) atoms. The third-order valence-electron chi connectivity index (χ3n) is 4.08. The van der Waals surface area contributed by atoms with Crippen molar-refractivity contribution >= 4 is 40.9 Å². The Morgan fingerprint density at radius 1 is 1.29 bits per heavy atom. The van der Waals surface area contributed by atoms with Crippen LogP contribution in [0.1, 0.15) is 0 Å². The standard InChI is InChI=1S/C16H20ClN3O3S/c17-12-3-1-2-4-13(12)18-15(21)9-20-11-24-10-14(20)16(22)19-5-7-23-8-6-19/h1-4,14H,5-11H2,(H,18,21)/t14-/m0/s1. The number of nitrogens with one attached hydrogen (secondary N) is 1. The average molecular weight is 370 g/mol. The number of nitrogens with zero attached hydrogens (tertiary/aromatic N) is 2. The third-order valence-corrected chi connectivity index (χ3v) is 5.47. The van der Waals surface area contributed by atoms with Crippen LogP contribution < -0.4 is 5.32 Å². The first kappa shape index (κ1) is 17.5. The highest BCUT2D eigenvalue weighted by atomic mass is 35.5. The van der Waals surface area contributed by atoms with Crippen LogP contribution in [0.4, 0.5) is 5.69 Å². The van der Waals surface area contributed by atoms with Crippen molar-refractivity contribution in [3.63, 3.8) is 0 Å². The normalized spacial score (nSPS) is 21.7. The molecular weight excluding hydrogens is 350 g/mol. The second-order valence-electron chi connectivity index (χ2n) is 5.73. The summed E-state index contributed by atoms with van der Waals surface area (Å²) in [6.07, 6.45) is 0. The molecule has 8 heteroatoms. The van der Waals surface area contributed by atoms with Crippen LogP contribution in [0.25, 0.3) is 0 Å². The van der Waals surface area contributed by atoms with Crippen molar-refractivity contribution in [3.8, 4) is 0 Å². The molecule has 0 saturated carbocycles. The van der Waals surface area contributed by atoms with Gasteiger partial charge in [-0.2, -0.15) is 0 Å². The van der Waals surface area contributed by atoms with Gasteiger partial charge in [-0.3, -0.25) is 14.5 Å². The number of halogens is 1. The molecule has 2 saturated heterocycles. The Morgan fingerprint density at radius 3 is 2.79 bits per heavy atom. The summed E-state index contributed by atoms with van der Waals surface area (Å²) >= 11 is 7.74. The van der Waals surface area contributed by atoms with E-state index in [1.807, 2.05) is 21.9 Å². The maximum absolute atomic E-state index is 12.7. The Hall–Kier alpha value is -1.28. The summed E-state index contributed by atoms with van der Waals surface area (Å²) in [5.41, 5.74) is 0.590. The molecule has 0 aliphatic carbocycles. The lowest BCUT2D eigenvalue weighted by Gasteiger charge is -2.31. The van der Waals surface area contributed by atoms with Gasteiger partial charge in [0, 0.05) is 24.7 Å². The first-order chi connectivity index (χ1) is 11.6. The van der Waals surface area contributed by atoms with Gasteiger partial charge in [0.25, 0.3) is 0 Å². The molecule has 6 nitrogen and oxygen atoms in total. The summed E-state index contributed by atoms with van der Waals surface area (Å²) in [5, 5.41) is 3.31. The average Bonchev–Trinajstić information content (AvgIpc) is 3.05. The lowest BCUT2D eigenvalue weighted by atomic mass is 10.2. The first-order valence-corrected chi connectivity index (χ1v) is 9.41. The highest BCUT2D eigenvalue weighted by Crippen LogP contribution is 2.24. The van der Waals surface area contributed by atoms with E-state index in [2.05, 4.69) is 5.32 Å². The van der Waals surface area contributed by atoms with Gasteiger partial charge in [-0.1, -0.05) is 23.7 Å². The van der Waals surface area contributed by atoms with Crippen molar-refractivity contribution < 1.29 is 14.3 Å². The highest BCUT2D eigenvalue weighted by molar-refractivity contribution is 7.99. The predicted octanol–water partition coefficient (Wildman–Crippen LogP) is 1.51. The zero-order chi connectivity index (χ0) is 16.9. The number of ether oxygens (including phenoxy) is 1. The van der Waals surface area contributed by atoms with Crippen LogP contribution in [0.3, 0.4) is 0 Å². The molecule has 1 aromatic carbocycles. The molecule has 0 radical (unpaired) electrons. The Labute approximate surface area is 150 Å². The van der Waals surface area contributed by atoms with Gasteiger partial charge in [0.1, 0.15) is 0 Å². The number of benzene rings is 1. The molecule has 2 fully saturated rings. The summed E-state index contributed by atoms with van der Waals surface area (Å²) in [6.45, 7) is 2.59. The minimum atomic E-state index is -0.245. The lowest BCUT2D eigenvalue weighted by molar-refractivity contribution is -0.140. The Balaban J connectivity index is 1.58. The zero-order valence-corrected chi connectivity index (χ0v) is 14.8. The number of morpholine rings is 1. The van der Waals surface area contributed by atoms with E-state index < -0.39 is 0 Å². The largest absolute Gasteiger partial charge is 0.378 e. The molecule has 1 aromatic rings. The van der Waals surface area contributed by atoms with E-state index in [9.17, 15) is 9.59 Å². The van der Waals surface area contributed by atoms with E-state index >= 15 is 0 Å². The topological polar surface area (TPSA) is 61.9 Å². The minimum absolute atomic E-state index is 0.0915. The van der Waals surface area contributed by atoms with Gasteiger partial charge in [0.2, 0.25) is 11.8 Å². The van der Waals surface area contributed by atoms with Crippen molar-refractivity contribution in [1.29, 1.82) is 0 Å². The Kier molecular flexibility index (Phi) is 5.99. The quantitative estimate of drug-likeness (QED) is 0.871. The van der Waals surface area contributed by atoms with Crippen LogP contribution >= 0.6 is 23.4 Å². The molecule has 1 atom stereocenters. The van der Waals surface area contributed by atoms with Gasteiger partial charge in [-0.25, -0.2) is 0 Å². The number of para-hydroxylation sites is 1. The van der Waals surface area contributed by atoms with Crippen molar-refractivity contribution in [2.24, 2.45) is 0 Å². The Bertz CT molecular complexity index is 610. The van der Waals surface area contributed by atoms with Gasteiger partial charge < -0.3 is 15.0 Å². The van der Waals surface area contributed by atoms with E-state index in [1.165, 1.54) is 0 Å². The lowest BCUT2D eigenvalue weighted by Crippen LogP contribution is -2.51. The monoisotopic (exact) mass is 369 g/mol. The zero-order valence-electron chi connectivity index (χ0n) is 13.2. The molecule has 0 spiro atoms. The molecule has 3 rings (SSSR count). The number of carbonyl (C=O) groups excluding carboxylic acids is 2. The van der Waals surface area contributed by atoms with Crippen molar-refractivity contribution in [3.05, 3.63) is 29.3 Å². The number of rotatable bonds is 4. The molecule has 0 aromatic heterocycles. The maximum atomic E-state index is 12.7. The Morgan fingerprint density at radius 2 is 2.04 bits per heavy atom. The molecule has 2 heterocycles. The molecule has 2 aliphatic rings. The molecule has 1 N–H and O–H groups in total. The van der Waals surface area contributed by atoms with Crippen LogP contribution in [0.2, 0.25) is 5.02 Å². The van der Waals surface area contributed by atoms with Gasteiger partial charge >= 0.3 is 0 Å². The predicted molar refractivity (Wildman–Crippen MR) is 95.3 cm³/mol. The fourth-order valence-electron chi connectivity index (χ4n) is 2.79. The third kappa shape index (κ3) is 4.22. The molecular formula is C16H20ClN3O3S. The van der Waals surface area contributed by atoms with Crippen LogP contribution in [0.5, 0.6) is 0 Å². The van der Waals surface area contributed by atoms with Crippen LogP contribution in [0, 0.1) is 0 Å². The van der Waals surface area contributed by atoms with Crippen LogP contribution in [-0.2, 0) is 14.3 Å². The van der Waals surface area contributed by atoms with E-state index in [0.717, 1.165) is 5.75 Å². The maximum Gasteiger partial charge on any atom is 0.240 e. The summed E-state index contributed by atoms with van der Waals surface area (Å²) in [5.74, 6) is 1.32. The minimum Gasteiger partial charge on any atom is -0.378 e. The summed E-state index contributed by atoms with van der Waals surface area (Å²) < 4.78 is 5.29. The van der Waals surface area contributed by atoms with E-state index in [1.54, 1.807) is 23.9 Å².